The fraction of sp³-hybridized carbons (Fsp3) is 0.235. The molecule has 0 fully saturated rings. The van der Waals surface area contributed by atoms with Gasteiger partial charge >= 0.3 is 0 Å². The van der Waals surface area contributed by atoms with Gasteiger partial charge in [-0.3, -0.25) is 4.79 Å². The Balaban J connectivity index is 1.57. The maximum Gasteiger partial charge on any atom is 0.252 e. The van der Waals surface area contributed by atoms with Crippen LogP contribution in [0.15, 0.2) is 100 Å². The number of nitrogens with one attached hydrogen (secondary N) is 1. The maximum atomic E-state index is 14.4. The van der Waals surface area contributed by atoms with Gasteiger partial charge in [0, 0.05) is 36.0 Å². The van der Waals surface area contributed by atoms with Crippen LogP contribution >= 0.6 is 15.9 Å². The van der Waals surface area contributed by atoms with E-state index >= 15 is 0 Å². The Bertz CT molecular complexity index is 1650. The van der Waals surface area contributed by atoms with Gasteiger partial charge in [-0.2, -0.15) is 0 Å². The van der Waals surface area contributed by atoms with Crippen LogP contribution in [0, 0.1) is 11.6 Å². The lowest BCUT2D eigenvalue weighted by molar-refractivity contribution is -0.129. The van der Waals surface area contributed by atoms with Crippen LogP contribution in [0.2, 0.25) is 0 Å². The molecule has 7 nitrogen and oxygen atoms in total. The number of carbonyl (C=O) groups excluding carboxylic acids is 1. The molecule has 10 heteroatoms. The van der Waals surface area contributed by atoms with E-state index in [-0.39, 0.29) is 25.5 Å². The first-order chi connectivity index (χ1) is 21.3. The van der Waals surface area contributed by atoms with Crippen LogP contribution in [0.3, 0.4) is 0 Å². The third-order valence-corrected chi connectivity index (χ3v) is 8.05. The van der Waals surface area contributed by atoms with E-state index in [0.717, 1.165) is 22.2 Å². The Morgan fingerprint density at radius 3 is 2.52 bits per heavy atom. The molecule has 1 aliphatic rings. The van der Waals surface area contributed by atoms with Crippen molar-refractivity contribution in [2.45, 2.75) is 31.0 Å². The van der Waals surface area contributed by atoms with E-state index in [1.54, 1.807) is 43.5 Å². The molecule has 1 aliphatic heterocycles. The Labute approximate surface area is 262 Å². The number of ether oxygens (including phenoxy) is 3. The topological polar surface area (TPSA) is 89.4 Å². The highest BCUT2D eigenvalue weighted by molar-refractivity contribution is 9.10. The zero-order valence-corrected chi connectivity index (χ0v) is 25.5. The van der Waals surface area contributed by atoms with Gasteiger partial charge in [0.05, 0.1) is 13.7 Å². The zero-order valence-electron chi connectivity index (χ0n) is 23.9. The van der Waals surface area contributed by atoms with Crippen LogP contribution in [-0.2, 0) is 22.5 Å². The molecule has 0 spiro atoms. The zero-order chi connectivity index (χ0) is 31.1. The molecule has 0 bridgehead atoms. The molecule has 5 rings (SSSR count). The standard InChI is InChI=1S/C34H31BrF2N2O5/c1-42-27-8-4-7-24(19-27)31-34(20-25-6-2-3-9-28(25)35,33(41)38-21-22-10-15-29(36)30(37)18-22)39-32(44-31)23-11-13-26(14-12-23)43-17-5-16-40/h2-4,6-15,18-19,31,40H,5,16-17,20-21H2,1H3,(H,38,41)/t31-,34-/m1/s1. The monoisotopic (exact) mass is 664 g/mol. The van der Waals surface area contributed by atoms with Crippen molar-refractivity contribution in [3.8, 4) is 11.5 Å². The van der Waals surface area contributed by atoms with Gasteiger partial charge < -0.3 is 24.6 Å². The minimum absolute atomic E-state index is 0.0339. The van der Waals surface area contributed by atoms with Gasteiger partial charge in [-0.15, -0.1) is 0 Å². The van der Waals surface area contributed by atoms with Crippen molar-refractivity contribution in [3.05, 3.63) is 129 Å². The van der Waals surface area contributed by atoms with Gasteiger partial charge in [0.15, 0.2) is 23.3 Å². The number of nitrogens with zero attached hydrogens (tertiary/aromatic N) is 1. The van der Waals surface area contributed by atoms with Gasteiger partial charge in [0.25, 0.3) is 5.91 Å². The van der Waals surface area contributed by atoms with Crippen molar-refractivity contribution in [1.29, 1.82) is 0 Å². The first-order valence-corrected chi connectivity index (χ1v) is 14.8. The van der Waals surface area contributed by atoms with Crippen molar-refractivity contribution < 1.29 is 32.9 Å². The third kappa shape index (κ3) is 6.92. The lowest BCUT2D eigenvalue weighted by atomic mass is 9.82. The second-order valence-corrected chi connectivity index (χ2v) is 11.1. The van der Waals surface area contributed by atoms with Crippen LogP contribution in [-0.4, -0.2) is 42.8 Å². The summed E-state index contributed by atoms with van der Waals surface area (Å²) in [6.07, 6.45) is -0.201. The number of methoxy groups -OCH3 is 1. The van der Waals surface area contributed by atoms with Crippen molar-refractivity contribution in [1.82, 2.24) is 5.32 Å². The minimum Gasteiger partial charge on any atom is -0.497 e. The molecule has 2 atom stereocenters. The number of amides is 1. The smallest absolute Gasteiger partial charge is 0.252 e. The molecule has 1 amide bonds. The number of benzene rings is 4. The number of aliphatic imine (C=N–C) groups is 1. The van der Waals surface area contributed by atoms with E-state index in [2.05, 4.69) is 21.2 Å². The summed E-state index contributed by atoms with van der Waals surface area (Å²) in [7, 11) is 1.56. The molecule has 0 saturated heterocycles. The molecular formula is C34H31BrF2N2O5. The average Bonchev–Trinajstić information content (AvgIpc) is 3.43. The highest BCUT2D eigenvalue weighted by Gasteiger charge is 2.53. The second kappa shape index (κ2) is 14.0. The first-order valence-electron chi connectivity index (χ1n) is 14.0. The van der Waals surface area contributed by atoms with Gasteiger partial charge in [0.2, 0.25) is 5.90 Å². The Morgan fingerprint density at radius 2 is 1.80 bits per heavy atom. The van der Waals surface area contributed by atoms with E-state index in [1.165, 1.54) is 6.07 Å². The first kappa shape index (κ1) is 31.2. The molecule has 0 unspecified atom stereocenters. The second-order valence-electron chi connectivity index (χ2n) is 10.3. The van der Waals surface area contributed by atoms with Crippen LogP contribution in [0.4, 0.5) is 8.78 Å². The summed E-state index contributed by atoms with van der Waals surface area (Å²) in [6, 6.07) is 25.5. The molecule has 0 aliphatic carbocycles. The van der Waals surface area contributed by atoms with Crippen LogP contribution < -0.4 is 14.8 Å². The molecule has 0 radical (unpaired) electrons. The van der Waals surface area contributed by atoms with E-state index in [9.17, 15) is 13.6 Å². The van der Waals surface area contributed by atoms with Crippen molar-refractivity contribution in [2.75, 3.05) is 20.3 Å². The summed E-state index contributed by atoms with van der Waals surface area (Å²) in [5.74, 6) is -0.955. The summed E-state index contributed by atoms with van der Waals surface area (Å²) in [5.41, 5.74) is 1.02. The number of carbonyl (C=O) groups is 1. The summed E-state index contributed by atoms with van der Waals surface area (Å²) >= 11 is 3.61. The number of aliphatic hydroxyl groups excluding tert-OH is 1. The average molecular weight is 666 g/mol. The quantitative estimate of drug-likeness (QED) is 0.173. The fourth-order valence-corrected chi connectivity index (χ4v) is 5.43. The van der Waals surface area contributed by atoms with Crippen LogP contribution in [0.5, 0.6) is 11.5 Å². The summed E-state index contributed by atoms with van der Waals surface area (Å²) in [6.45, 7) is 0.355. The minimum atomic E-state index is -1.50. The highest BCUT2D eigenvalue weighted by Crippen LogP contribution is 2.44. The van der Waals surface area contributed by atoms with E-state index in [4.69, 9.17) is 24.3 Å². The summed E-state index contributed by atoms with van der Waals surface area (Å²) in [5, 5.41) is 11.9. The molecule has 0 aromatic heterocycles. The van der Waals surface area contributed by atoms with E-state index in [1.807, 2.05) is 36.4 Å². The molecule has 4 aromatic rings. The SMILES string of the molecule is COc1cccc([C@H]2OC(c3ccc(OCCCO)cc3)=N[C@@]2(Cc2ccccc2Br)C(=O)NCc2ccc(F)c(F)c2)c1. The van der Waals surface area contributed by atoms with Gasteiger partial charge in [-0.25, -0.2) is 13.8 Å². The number of hydrogen-bond acceptors (Lipinski definition) is 6. The Hall–Kier alpha value is -4.28. The number of aliphatic hydroxyl groups is 1. The molecule has 44 heavy (non-hydrogen) atoms. The van der Waals surface area contributed by atoms with Gasteiger partial charge in [-0.05, 0) is 71.3 Å². The molecule has 0 saturated carbocycles. The summed E-state index contributed by atoms with van der Waals surface area (Å²) in [4.78, 5) is 19.4. The number of hydrogen-bond donors (Lipinski definition) is 2. The Kier molecular flexibility index (Phi) is 9.92. The van der Waals surface area contributed by atoms with Crippen LogP contribution in [0.25, 0.3) is 0 Å². The molecular weight excluding hydrogens is 634 g/mol. The molecule has 4 aromatic carbocycles. The van der Waals surface area contributed by atoms with Gasteiger partial charge in [-0.1, -0.05) is 52.3 Å². The number of halogens is 3. The van der Waals surface area contributed by atoms with Crippen molar-refractivity contribution >= 4 is 27.7 Å². The molecule has 1 heterocycles. The number of rotatable bonds is 12. The van der Waals surface area contributed by atoms with E-state index in [0.29, 0.717) is 41.2 Å². The van der Waals surface area contributed by atoms with Crippen molar-refractivity contribution in [3.63, 3.8) is 0 Å². The molecule has 2 N–H and O–H groups in total. The fourth-order valence-electron chi connectivity index (χ4n) is 5.00. The van der Waals surface area contributed by atoms with Crippen LogP contribution in [0.1, 0.15) is 34.8 Å². The maximum absolute atomic E-state index is 14.4. The lowest BCUT2D eigenvalue weighted by Gasteiger charge is -2.31. The van der Waals surface area contributed by atoms with Crippen molar-refractivity contribution in [2.24, 2.45) is 4.99 Å². The predicted octanol–water partition coefficient (Wildman–Crippen LogP) is 6.31. The van der Waals surface area contributed by atoms with E-state index < -0.39 is 29.2 Å². The lowest BCUT2D eigenvalue weighted by Crippen LogP contribution is -2.49. The summed E-state index contributed by atoms with van der Waals surface area (Å²) < 4.78 is 46.0. The largest absolute Gasteiger partial charge is 0.497 e. The third-order valence-electron chi connectivity index (χ3n) is 7.28. The normalized spacial score (nSPS) is 17.5. The van der Waals surface area contributed by atoms with Gasteiger partial charge in [0.1, 0.15) is 11.5 Å². The molecule has 228 valence electrons. The highest BCUT2D eigenvalue weighted by atomic mass is 79.9. The predicted molar refractivity (Wildman–Crippen MR) is 166 cm³/mol. The Morgan fingerprint density at radius 1 is 1.00 bits per heavy atom.